The number of aliphatic hydroxyl groups is 1. The first kappa shape index (κ1) is 17.5. The summed E-state index contributed by atoms with van der Waals surface area (Å²) in [5.41, 5.74) is -1.30. The van der Waals surface area contributed by atoms with E-state index in [0.29, 0.717) is 18.7 Å². The predicted molar refractivity (Wildman–Crippen MR) is 80.1 cm³/mol. The molecule has 0 amide bonds. The summed E-state index contributed by atoms with van der Waals surface area (Å²) < 4.78 is 37.6. The fourth-order valence-electron chi connectivity index (χ4n) is 2.25. The van der Waals surface area contributed by atoms with Crippen molar-refractivity contribution in [3.05, 3.63) is 34.2 Å². The molecule has 0 bridgehead atoms. The van der Waals surface area contributed by atoms with Gasteiger partial charge in [0.1, 0.15) is 5.76 Å². The number of hydrogen-bond acceptors (Lipinski definition) is 4. The number of carbonyl (C=O) groups excluding carboxylic acids is 1. The Labute approximate surface area is 135 Å². The smallest absolute Gasteiger partial charge is 0.417 e. The van der Waals surface area contributed by atoms with Gasteiger partial charge < -0.3 is 5.11 Å². The van der Waals surface area contributed by atoms with Crippen molar-refractivity contribution in [1.82, 2.24) is 4.98 Å². The molecule has 1 N–H and O–H groups in total. The highest BCUT2D eigenvalue weighted by atomic mass is 35.5. The molecule has 124 valence electrons. The third-order valence-electron chi connectivity index (χ3n) is 3.36. The lowest BCUT2D eigenvalue weighted by molar-refractivity contribution is -0.137. The molecule has 4 nitrogen and oxygen atoms in total. The van der Waals surface area contributed by atoms with Crippen LogP contribution in [0.4, 0.5) is 19.0 Å². The molecular formula is C15H14ClF3N2O2. The molecule has 8 heteroatoms. The van der Waals surface area contributed by atoms with Crippen LogP contribution in [0, 0.1) is 5.41 Å². The highest BCUT2D eigenvalue weighted by Gasteiger charge is 2.33. The van der Waals surface area contributed by atoms with Gasteiger partial charge in [-0.3, -0.25) is 4.79 Å². The molecule has 0 aromatic carbocycles. The molecule has 1 aromatic rings. The van der Waals surface area contributed by atoms with E-state index in [1.54, 1.807) is 0 Å². The maximum Gasteiger partial charge on any atom is 0.417 e. The molecule has 0 aliphatic heterocycles. The van der Waals surface area contributed by atoms with Crippen LogP contribution in [0.15, 0.2) is 28.6 Å². The summed E-state index contributed by atoms with van der Waals surface area (Å²) in [5.74, 6) is -0.541. The number of aliphatic imine (C=N–C) groups is 1. The predicted octanol–water partition coefficient (Wildman–Crippen LogP) is 4.66. The molecule has 0 saturated carbocycles. The first-order chi connectivity index (χ1) is 10.5. The Hall–Kier alpha value is -1.89. The Morgan fingerprint density at radius 1 is 1.39 bits per heavy atom. The number of aliphatic hydroxyl groups excluding tert-OH is 1. The maximum absolute atomic E-state index is 12.5. The summed E-state index contributed by atoms with van der Waals surface area (Å²) in [6.45, 7) is 3.70. The maximum atomic E-state index is 12.5. The lowest BCUT2D eigenvalue weighted by atomic mass is 9.77. The molecule has 23 heavy (non-hydrogen) atoms. The van der Waals surface area contributed by atoms with Gasteiger partial charge in [-0.05, 0) is 11.5 Å². The van der Waals surface area contributed by atoms with Crippen LogP contribution in [0.3, 0.4) is 0 Å². The number of carbonyl (C=O) groups is 1. The summed E-state index contributed by atoms with van der Waals surface area (Å²) in [5, 5.41) is 9.65. The monoisotopic (exact) mass is 346 g/mol. The van der Waals surface area contributed by atoms with E-state index in [-0.39, 0.29) is 39.8 Å². The molecule has 1 aliphatic carbocycles. The third-order valence-corrected chi connectivity index (χ3v) is 3.64. The second-order valence-corrected chi connectivity index (χ2v) is 6.49. The van der Waals surface area contributed by atoms with Crippen LogP contribution in [-0.4, -0.2) is 22.1 Å². The zero-order chi connectivity index (χ0) is 17.4. The molecule has 0 atom stereocenters. The van der Waals surface area contributed by atoms with Crippen molar-refractivity contribution in [3.8, 4) is 0 Å². The first-order valence-electron chi connectivity index (χ1n) is 6.72. The standard InChI is InChI=1S/C15H14ClF3N2O2/c1-14(2)4-11(22)9(12(23)5-14)7-21-13-10(16)3-8(6-20-13)15(17,18)19/h3,6-7,22H,4-5H2,1-2H3. The van der Waals surface area contributed by atoms with Crippen LogP contribution in [-0.2, 0) is 11.0 Å². The minimum atomic E-state index is -4.55. The van der Waals surface area contributed by atoms with Gasteiger partial charge in [0, 0.05) is 25.3 Å². The number of alkyl halides is 3. The summed E-state index contributed by atoms with van der Waals surface area (Å²) >= 11 is 5.73. The van der Waals surface area contributed by atoms with Crippen molar-refractivity contribution in [1.29, 1.82) is 0 Å². The van der Waals surface area contributed by atoms with Gasteiger partial charge >= 0.3 is 6.18 Å². The summed E-state index contributed by atoms with van der Waals surface area (Å²) in [6, 6.07) is 0.710. The summed E-state index contributed by atoms with van der Waals surface area (Å²) in [6.07, 6.45) is -2.29. The van der Waals surface area contributed by atoms with Crippen LogP contribution in [0.25, 0.3) is 0 Å². The van der Waals surface area contributed by atoms with Crippen LogP contribution >= 0.6 is 11.6 Å². The van der Waals surface area contributed by atoms with Gasteiger partial charge in [0.25, 0.3) is 0 Å². The Morgan fingerprint density at radius 3 is 2.57 bits per heavy atom. The topological polar surface area (TPSA) is 62.5 Å². The van der Waals surface area contributed by atoms with Gasteiger partial charge in [0.2, 0.25) is 0 Å². The molecule has 1 aliphatic rings. The lowest BCUT2D eigenvalue weighted by Gasteiger charge is -2.28. The van der Waals surface area contributed by atoms with Crippen molar-refractivity contribution in [2.75, 3.05) is 0 Å². The summed E-state index contributed by atoms with van der Waals surface area (Å²) in [7, 11) is 0. The van der Waals surface area contributed by atoms with Gasteiger partial charge in [-0.2, -0.15) is 13.2 Å². The highest BCUT2D eigenvalue weighted by molar-refractivity contribution is 6.33. The second kappa shape index (κ2) is 5.96. The fraction of sp³-hybridized carbons (Fsp3) is 0.400. The van der Waals surface area contributed by atoms with Crippen molar-refractivity contribution < 1.29 is 23.1 Å². The van der Waals surface area contributed by atoms with Crippen molar-refractivity contribution in [2.45, 2.75) is 32.9 Å². The molecule has 0 saturated heterocycles. The number of Topliss-reactive ketones (excluding diaryl/α,β-unsaturated/α-hetero) is 1. The number of nitrogens with zero attached hydrogens (tertiary/aromatic N) is 2. The van der Waals surface area contributed by atoms with Gasteiger partial charge in [-0.1, -0.05) is 25.4 Å². The largest absolute Gasteiger partial charge is 0.511 e. The molecule has 0 radical (unpaired) electrons. The average molecular weight is 347 g/mol. The minimum Gasteiger partial charge on any atom is -0.511 e. The number of aromatic nitrogens is 1. The summed E-state index contributed by atoms with van der Waals surface area (Å²) in [4.78, 5) is 19.4. The second-order valence-electron chi connectivity index (χ2n) is 6.09. The fourth-order valence-corrected chi connectivity index (χ4v) is 2.47. The molecule has 2 rings (SSSR count). The van der Waals surface area contributed by atoms with E-state index in [2.05, 4.69) is 9.98 Å². The number of halogens is 4. The minimum absolute atomic E-state index is 0.0297. The average Bonchev–Trinajstić information content (AvgIpc) is 2.36. The number of hydrogen-bond donors (Lipinski definition) is 1. The number of rotatable bonds is 2. The molecule has 0 fully saturated rings. The van der Waals surface area contributed by atoms with E-state index in [9.17, 15) is 23.1 Å². The van der Waals surface area contributed by atoms with Crippen LogP contribution < -0.4 is 0 Å². The van der Waals surface area contributed by atoms with Gasteiger partial charge in [-0.25, -0.2) is 9.98 Å². The van der Waals surface area contributed by atoms with Crippen molar-refractivity contribution in [3.63, 3.8) is 0 Å². The normalized spacial score (nSPS) is 18.8. The van der Waals surface area contributed by atoms with Crippen LogP contribution in [0.5, 0.6) is 0 Å². The Morgan fingerprint density at radius 2 is 2.04 bits per heavy atom. The van der Waals surface area contributed by atoms with E-state index in [4.69, 9.17) is 11.6 Å². The van der Waals surface area contributed by atoms with E-state index < -0.39 is 11.7 Å². The number of pyridine rings is 1. The van der Waals surface area contributed by atoms with E-state index in [1.165, 1.54) is 0 Å². The lowest BCUT2D eigenvalue weighted by Crippen LogP contribution is -2.26. The van der Waals surface area contributed by atoms with E-state index >= 15 is 0 Å². The van der Waals surface area contributed by atoms with Crippen molar-refractivity contribution in [2.24, 2.45) is 10.4 Å². The van der Waals surface area contributed by atoms with Gasteiger partial charge in [0.05, 0.1) is 16.2 Å². The number of allylic oxidation sites excluding steroid dienone is 2. The van der Waals surface area contributed by atoms with Gasteiger partial charge in [0.15, 0.2) is 11.6 Å². The zero-order valence-corrected chi connectivity index (χ0v) is 13.2. The molecule has 1 aromatic heterocycles. The highest BCUT2D eigenvalue weighted by Crippen LogP contribution is 2.36. The molecular weight excluding hydrogens is 333 g/mol. The SMILES string of the molecule is CC1(C)CC(=O)C(C=Nc2ncc(C(F)(F)F)cc2Cl)=C(O)C1. The Balaban J connectivity index is 2.29. The van der Waals surface area contributed by atoms with E-state index in [0.717, 1.165) is 6.21 Å². The molecule has 0 spiro atoms. The quantitative estimate of drug-likeness (QED) is 0.792. The molecule has 1 heterocycles. The van der Waals surface area contributed by atoms with Crippen LogP contribution in [0.2, 0.25) is 5.02 Å². The first-order valence-corrected chi connectivity index (χ1v) is 7.09. The van der Waals surface area contributed by atoms with Gasteiger partial charge in [-0.15, -0.1) is 0 Å². The molecule has 0 unspecified atom stereocenters. The Bertz CT molecular complexity index is 709. The zero-order valence-electron chi connectivity index (χ0n) is 12.4. The van der Waals surface area contributed by atoms with E-state index in [1.807, 2.05) is 13.8 Å². The van der Waals surface area contributed by atoms with Crippen molar-refractivity contribution >= 4 is 29.4 Å². The van der Waals surface area contributed by atoms with Crippen LogP contribution in [0.1, 0.15) is 32.3 Å². The Kier molecular flexibility index (Phi) is 4.52. The third kappa shape index (κ3) is 4.10. The number of ketones is 1.